The zero-order valence-electron chi connectivity index (χ0n) is 11.8. The summed E-state index contributed by atoms with van der Waals surface area (Å²) in [4.78, 5) is 36.7. The van der Waals surface area contributed by atoms with Crippen molar-refractivity contribution in [3.63, 3.8) is 0 Å². The van der Waals surface area contributed by atoms with Gasteiger partial charge in [0.1, 0.15) is 0 Å². The first kappa shape index (κ1) is 14.3. The van der Waals surface area contributed by atoms with E-state index in [0.29, 0.717) is 19.4 Å². The van der Waals surface area contributed by atoms with Gasteiger partial charge < -0.3 is 10.0 Å². The molecule has 1 aromatic rings. The van der Waals surface area contributed by atoms with Crippen molar-refractivity contribution >= 4 is 11.8 Å². The molecule has 1 N–H and O–H groups in total. The van der Waals surface area contributed by atoms with Crippen LogP contribution in [0.5, 0.6) is 0 Å². The second-order valence-electron chi connectivity index (χ2n) is 5.48. The highest BCUT2D eigenvalue weighted by molar-refractivity contribution is 5.75. The maximum absolute atomic E-state index is 12.1. The van der Waals surface area contributed by atoms with Crippen LogP contribution in [0.3, 0.4) is 0 Å². The summed E-state index contributed by atoms with van der Waals surface area (Å²) >= 11 is 0. The van der Waals surface area contributed by atoms with E-state index in [-0.39, 0.29) is 12.4 Å². The molecule has 1 unspecified atom stereocenters. The Bertz CT molecular complexity index is 662. The molecule has 0 spiro atoms. The normalized spacial score (nSPS) is 22.9. The van der Waals surface area contributed by atoms with E-state index in [1.807, 2.05) is 0 Å². The van der Waals surface area contributed by atoms with Crippen molar-refractivity contribution in [1.82, 2.24) is 14.3 Å². The fourth-order valence-electron chi connectivity index (χ4n) is 2.47. The molecule has 1 saturated heterocycles. The van der Waals surface area contributed by atoms with Crippen LogP contribution in [0.15, 0.2) is 9.59 Å². The van der Waals surface area contributed by atoms with Crippen molar-refractivity contribution in [2.24, 2.45) is 19.5 Å². The van der Waals surface area contributed by atoms with E-state index in [1.54, 1.807) is 11.8 Å². The first-order valence-electron chi connectivity index (χ1n) is 6.39. The van der Waals surface area contributed by atoms with Crippen molar-refractivity contribution in [2.45, 2.75) is 19.8 Å². The van der Waals surface area contributed by atoms with Gasteiger partial charge in [0, 0.05) is 27.2 Å². The third-order valence-electron chi connectivity index (χ3n) is 3.82. The number of nitrogens with zero attached hydrogens (tertiary/aromatic N) is 4. The highest BCUT2D eigenvalue weighted by Gasteiger charge is 2.39. The quantitative estimate of drug-likeness (QED) is 0.760. The van der Waals surface area contributed by atoms with Crippen LogP contribution in [-0.4, -0.2) is 38.5 Å². The Morgan fingerprint density at radius 1 is 1.35 bits per heavy atom. The molecule has 0 bridgehead atoms. The summed E-state index contributed by atoms with van der Waals surface area (Å²) in [6.45, 7) is 2.43. The van der Waals surface area contributed by atoms with Crippen LogP contribution in [0.2, 0.25) is 0 Å². The third kappa shape index (κ3) is 2.21. The van der Waals surface area contributed by atoms with Crippen LogP contribution in [0, 0.1) is 5.41 Å². The molecule has 0 radical (unpaired) electrons. The number of hydrogen-bond acceptors (Lipinski definition) is 5. The number of aliphatic carboxylic acids is 1. The number of aromatic nitrogens is 3. The van der Waals surface area contributed by atoms with Crippen LogP contribution >= 0.6 is 0 Å². The maximum Gasteiger partial charge on any atom is 0.346 e. The Balaban J connectivity index is 2.45. The van der Waals surface area contributed by atoms with Gasteiger partial charge in [-0.25, -0.2) is 9.48 Å². The fraction of sp³-hybridized carbons (Fsp3) is 0.667. The lowest BCUT2D eigenvalue weighted by atomic mass is 9.82. The van der Waals surface area contributed by atoms with E-state index in [4.69, 9.17) is 0 Å². The molecule has 8 nitrogen and oxygen atoms in total. The predicted molar refractivity (Wildman–Crippen MR) is 71.9 cm³/mol. The highest BCUT2D eigenvalue weighted by Crippen LogP contribution is 2.30. The Morgan fingerprint density at radius 3 is 2.60 bits per heavy atom. The highest BCUT2D eigenvalue weighted by atomic mass is 16.4. The molecule has 0 aliphatic carbocycles. The summed E-state index contributed by atoms with van der Waals surface area (Å²) < 4.78 is 2.07. The molecule has 0 saturated carbocycles. The van der Waals surface area contributed by atoms with Gasteiger partial charge in [-0.1, -0.05) is 0 Å². The number of carboxylic acids is 1. The van der Waals surface area contributed by atoms with Gasteiger partial charge in [0.2, 0.25) is 5.82 Å². The minimum atomic E-state index is -0.903. The molecule has 1 aromatic heterocycles. The van der Waals surface area contributed by atoms with Gasteiger partial charge in [0.25, 0.3) is 5.56 Å². The lowest BCUT2D eigenvalue weighted by Gasteiger charge is -2.37. The van der Waals surface area contributed by atoms with Crippen molar-refractivity contribution in [3.05, 3.63) is 20.8 Å². The molecule has 1 aliphatic heterocycles. The standard InChI is InChI=1S/C12H18N4O4/c1-12(10(18)19)5-4-6-16(7-12)8-9(17)14(2)11(20)15(3)13-8/h4-7H2,1-3H3,(H,18,19). The number of piperidine rings is 1. The van der Waals surface area contributed by atoms with Gasteiger partial charge in [-0.3, -0.25) is 14.2 Å². The Labute approximate surface area is 115 Å². The molecule has 0 amide bonds. The molecule has 110 valence electrons. The first-order chi connectivity index (χ1) is 9.26. The van der Waals surface area contributed by atoms with Crippen LogP contribution in [-0.2, 0) is 18.9 Å². The summed E-state index contributed by atoms with van der Waals surface area (Å²) in [6, 6.07) is 0. The zero-order chi connectivity index (χ0) is 15.1. The SMILES string of the molecule is Cn1nc(N2CCCC(C)(C(=O)O)C2)c(=O)n(C)c1=O. The molecule has 1 fully saturated rings. The van der Waals surface area contributed by atoms with Crippen molar-refractivity contribution in [2.75, 3.05) is 18.0 Å². The Hall–Kier alpha value is -2.12. The molecule has 0 aromatic carbocycles. The molecular formula is C12H18N4O4. The summed E-state index contributed by atoms with van der Waals surface area (Å²) in [5.74, 6) is -0.759. The van der Waals surface area contributed by atoms with Crippen molar-refractivity contribution in [3.8, 4) is 0 Å². The predicted octanol–water partition coefficient (Wildman–Crippen LogP) is -0.830. The number of anilines is 1. The van der Waals surface area contributed by atoms with E-state index in [2.05, 4.69) is 5.10 Å². The number of carbonyl (C=O) groups is 1. The summed E-state index contributed by atoms with van der Waals surface area (Å²) in [7, 11) is 2.85. The van der Waals surface area contributed by atoms with E-state index in [1.165, 1.54) is 14.1 Å². The minimum Gasteiger partial charge on any atom is -0.481 e. The van der Waals surface area contributed by atoms with E-state index >= 15 is 0 Å². The third-order valence-corrected chi connectivity index (χ3v) is 3.82. The molecule has 2 rings (SSSR count). The van der Waals surface area contributed by atoms with Gasteiger partial charge in [0.05, 0.1) is 5.41 Å². The largest absolute Gasteiger partial charge is 0.481 e. The zero-order valence-corrected chi connectivity index (χ0v) is 11.8. The first-order valence-corrected chi connectivity index (χ1v) is 6.39. The second-order valence-corrected chi connectivity index (χ2v) is 5.48. The molecular weight excluding hydrogens is 264 g/mol. The lowest BCUT2D eigenvalue weighted by Crippen LogP contribution is -2.50. The van der Waals surface area contributed by atoms with Gasteiger partial charge in [-0.05, 0) is 19.8 Å². The van der Waals surface area contributed by atoms with Crippen molar-refractivity contribution in [1.29, 1.82) is 0 Å². The Morgan fingerprint density at radius 2 is 2.00 bits per heavy atom. The summed E-state index contributed by atoms with van der Waals surface area (Å²) in [5, 5.41) is 13.3. The Kier molecular flexibility index (Phi) is 3.41. The van der Waals surface area contributed by atoms with Crippen LogP contribution in [0.25, 0.3) is 0 Å². The molecule has 1 atom stereocenters. The fourth-order valence-corrected chi connectivity index (χ4v) is 2.47. The van der Waals surface area contributed by atoms with Crippen molar-refractivity contribution < 1.29 is 9.90 Å². The van der Waals surface area contributed by atoms with E-state index < -0.39 is 22.6 Å². The monoisotopic (exact) mass is 282 g/mol. The lowest BCUT2D eigenvalue weighted by molar-refractivity contribution is -0.148. The van der Waals surface area contributed by atoms with Crippen LogP contribution in [0.4, 0.5) is 5.82 Å². The van der Waals surface area contributed by atoms with Gasteiger partial charge in [-0.15, -0.1) is 5.10 Å². The van der Waals surface area contributed by atoms with Crippen LogP contribution < -0.4 is 16.1 Å². The molecule has 8 heteroatoms. The number of rotatable bonds is 2. The molecule has 2 heterocycles. The van der Waals surface area contributed by atoms with Gasteiger partial charge in [0.15, 0.2) is 0 Å². The van der Waals surface area contributed by atoms with Gasteiger partial charge in [-0.2, -0.15) is 0 Å². The number of aryl methyl sites for hydroxylation is 1. The topological polar surface area (TPSA) is 97.4 Å². The molecule has 20 heavy (non-hydrogen) atoms. The smallest absolute Gasteiger partial charge is 0.346 e. The second kappa shape index (κ2) is 4.77. The average Bonchev–Trinajstić information content (AvgIpc) is 2.40. The summed E-state index contributed by atoms with van der Waals surface area (Å²) in [6.07, 6.45) is 1.22. The number of carboxylic acid groups (broad SMARTS) is 1. The average molecular weight is 282 g/mol. The van der Waals surface area contributed by atoms with Gasteiger partial charge >= 0.3 is 11.7 Å². The number of hydrogen-bond donors (Lipinski definition) is 1. The van der Waals surface area contributed by atoms with Crippen LogP contribution in [0.1, 0.15) is 19.8 Å². The van der Waals surface area contributed by atoms with E-state index in [0.717, 1.165) is 9.25 Å². The summed E-state index contributed by atoms with van der Waals surface area (Å²) in [5.41, 5.74) is -1.90. The minimum absolute atomic E-state index is 0.127. The van der Waals surface area contributed by atoms with E-state index in [9.17, 15) is 19.5 Å². The molecule has 1 aliphatic rings. The maximum atomic E-state index is 12.1.